The molecule has 0 aromatic heterocycles. The van der Waals surface area contributed by atoms with Crippen LogP contribution in [0.1, 0.15) is 6.42 Å². The summed E-state index contributed by atoms with van der Waals surface area (Å²) in [5.74, 6) is 0.465. The molecule has 3 fully saturated rings. The van der Waals surface area contributed by atoms with Crippen LogP contribution in [-0.4, -0.2) is 79.5 Å². The van der Waals surface area contributed by atoms with Crippen molar-refractivity contribution in [2.45, 2.75) is 18.5 Å². The van der Waals surface area contributed by atoms with E-state index in [0.29, 0.717) is 31.6 Å². The maximum Gasteiger partial charge on any atom is 0.241 e. The number of hydrazine groups is 1. The smallest absolute Gasteiger partial charge is 0.241 e. The van der Waals surface area contributed by atoms with E-state index in [1.807, 2.05) is 35.2 Å². The number of amides is 2. The zero-order valence-corrected chi connectivity index (χ0v) is 15.5. The molecule has 3 atom stereocenters. The van der Waals surface area contributed by atoms with Gasteiger partial charge in [0.05, 0.1) is 6.54 Å². The van der Waals surface area contributed by atoms with Crippen LogP contribution in [0.25, 0.3) is 0 Å². The summed E-state index contributed by atoms with van der Waals surface area (Å²) in [6.07, 6.45) is 1.05. The van der Waals surface area contributed by atoms with Crippen LogP contribution in [0.4, 0.5) is 5.69 Å². The molecule has 3 heterocycles. The fraction of sp³-hybridized carbons (Fsp3) is 0.579. The molecule has 0 saturated carbocycles. The molecule has 2 amide bonds. The van der Waals surface area contributed by atoms with Crippen LogP contribution in [-0.2, 0) is 9.59 Å². The van der Waals surface area contributed by atoms with Gasteiger partial charge in [0, 0.05) is 50.4 Å². The molecule has 8 nitrogen and oxygen atoms in total. The summed E-state index contributed by atoms with van der Waals surface area (Å²) < 4.78 is 0. The summed E-state index contributed by atoms with van der Waals surface area (Å²) in [7, 11) is 0. The lowest BCUT2D eigenvalue weighted by Crippen LogP contribution is -2.56. The van der Waals surface area contributed by atoms with Gasteiger partial charge in [-0.2, -0.15) is 0 Å². The molecule has 0 bridgehead atoms. The first-order chi connectivity index (χ1) is 13.2. The number of carbonyl (C=O) groups excluding carboxylic acids is 2. The van der Waals surface area contributed by atoms with E-state index in [2.05, 4.69) is 26.4 Å². The summed E-state index contributed by atoms with van der Waals surface area (Å²) >= 11 is 0. The van der Waals surface area contributed by atoms with E-state index in [-0.39, 0.29) is 17.9 Å². The van der Waals surface area contributed by atoms with Crippen LogP contribution in [0.5, 0.6) is 0 Å². The van der Waals surface area contributed by atoms with E-state index in [1.54, 1.807) is 0 Å². The van der Waals surface area contributed by atoms with Gasteiger partial charge in [-0.1, -0.05) is 18.2 Å². The van der Waals surface area contributed by atoms with Crippen molar-refractivity contribution in [1.29, 1.82) is 0 Å². The summed E-state index contributed by atoms with van der Waals surface area (Å²) in [6.45, 7) is 5.01. The standard InChI is InChI=1S/C19H28N6O2/c26-17(21-14-4-2-1-3-5-14)13-24-8-10-25(11-9-24)19(27)18-15-12-20-7-6-16(15)22-23-18/h1-5,15-16,18,20,22-23H,6-13H2,(H,21,26). The Balaban J connectivity index is 1.24. The molecule has 4 rings (SSSR count). The first-order valence-electron chi connectivity index (χ1n) is 9.78. The molecule has 0 aliphatic carbocycles. The lowest BCUT2D eigenvalue weighted by molar-refractivity contribution is -0.136. The molecule has 4 N–H and O–H groups in total. The third kappa shape index (κ3) is 4.30. The molecule has 3 aliphatic heterocycles. The van der Waals surface area contributed by atoms with Gasteiger partial charge in [-0.25, -0.2) is 5.43 Å². The minimum absolute atomic E-state index is 0.0150. The minimum atomic E-state index is -0.157. The van der Waals surface area contributed by atoms with Crippen molar-refractivity contribution in [2.75, 3.05) is 51.1 Å². The molecular formula is C19H28N6O2. The highest BCUT2D eigenvalue weighted by molar-refractivity contribution is 5.92. The topological polar surface area (TPSA) is 88.7 Å². The molecule has 0 spiro atoms. The van der Waals surface area contributed by atoms with Crippen LogP contribution in [0.3, 0.4) is 0 Å². The number of hydrogen-bond acceptors (Lipinski definition) is 6. The van der Waals surface area contributed by atoms with Gasteiger partial charge in [0.25, 0.3) is 0 Å². The highest BCUT2D eigenvalue weighted by Gasteiger charge is 2.43. The highest BCUT2D eigenvalue weighted by Crippen LogP contribution is 2.22. The maximum atomic E-state index is 12.9. The van der Waals surface area contributed by atoms with Crippen molar-refractivity contribution in [2.24, 2.45) is 5.92 Å². The summed E-state index contributed by atoms with van der Waals surface area (Å²) in [5, 5.41) is 6.30. The molecule has 146 valence electrons. The quantitative estimate of drug-likeness (QED) is 0.555. The summed E-state index contributed by atoms with van der Waals surface area (Å²) in [4.78, 5) is 29.2. The number of benzene rings is 1. The van der Waals surface area contributed by atoms with Crippen LogP contribution in [0, 0.1) is 5.92 Å². The van der Waals surface area contributed by atoms with Crippen molar-refractivity contribution < 1.29 is 9.59 Å². The lowest BCUT2D eigenvalue weighted by atomic mass is 9.89. The molecule has 3 aliphatic rings. The van der Waals surface area contributed by atoms with Crippen molar-refractivity contribution >= 4 is 17.5 Å². The Morgan fingerprint density at radius 2 is 1.85 bits per heavy atom. The number of fused-ring (bicyclic) bond motifs is 1. The number of anilines is 1. The normalized spacial score (nSPS) is 28.6. The molecule has 0 radical (unpaired) electrons. The van der Waals surface area contributed by atoms with E-state index in [4.69, 9.17) is 0 Å². The monoisotopic (exact) mass is 372 g/mol. The third-order valence-corrected chi connectivity index (χ3v) is 5.76. The number of nitrogens with zero attached hydrogens (tertiary/aromatic N) is 2. The average molecular weight is 372 g/mol. The number of rotatable bonds is 4. The number of piperazine rings is 1. The van der Waals surface area contributed by atoms with E-state index >= 15 is 0 Å². The number of nitrogens with one attached hydrogen (secondary N) is 4. The lowest BCUT2D eigenvalue weighted by Gasteiger charge is -2.37. The Labute approximate surface area is 159 Å². The van der Waals surface area contributed by atoms with E-state index in [0.717, 1.165) is 38.3 Å². The van der Waals surface area contributed by atoms with Gasteiger partial charge in [-0.15, -0.1) is 0 Å². The Bertz CT molecular complexity index is 661. The van der Waals surface area contributed by atoms with Gasteiger partial charge in [0.15, 0.2) is 0 Å². The zero-order chi connectivity index (χ0) is 18.6. The van der Waals surface area contributed by atoms with Gasteiger partial charge in [-0.3, -0.25) is 19.9 Å². The van der Waals surface area contributed by atoms with Crippen LogP contribution in [0.15, 0.2) is 30.3 Å². The van der Waals surface area contributed by atoms with Crippen LogP contribution < -0.4 is 21.5 Å². The van der Waals surface area contributed by atoms with E-state index in [1.165, 1.54) is 0 Å². The Morgan fingerprint density at radius 3 is 2.63 bits per heavy atom. The second kappa shape index (κ2) is 8.35. The van der Waals surface area contributed by atoms with Crippen molar-refractivity contribution in [3.05, 3.63) is 30.3 Å². The minimum Gasteiger partial charge on any atom is -0.339 e. The zero-order valence-electron chi connectivity index (χ0n) is 15.5. The molecule has 3 unspecified atom stereocenters. The van der Waals surface area contributed by atoms with Crippen LogP contribution in [0.2, 0.25) is 0 Å². The van der Waals surface area contributed by atoms with Crippen LogP contribution >= 0.6 is 0 Å². The number of carbonyl (C=O) groups is 2. The average Bonchev–Trinajstić information content (AvgIpc) is 3.13. The van der Waals surface area contributed by atoms with Gasteiger partial charge in [-0.05, 0) is 25.1 Å². The molecule has 1 aromatic rings. The van der Waals surface area contributed by atoms with Gasteiger partial charge in [0.2, 0.25) is 11.8 Å². The fourth-order valence-corrected chi connectivity index (χ4v) is 4.21. The van der Waals surface area contributed by atoms with Gasteiger partial charge >= 0.3 is 0 Å². The van der Waals surface area contributed by atoms with Crippen molar-refractivity contribution in [3.8, 4) is 0 Å². The van der Waals surface area contributed by atoms with Crippen molar-refractivity contribution in [3.63, 3.8) is 0 Å². The second-order valence-electron chi connectivity index (χ2n) is 7.55. The number of hydrogen-bond donors (Lipinski definition) is 4. The van der Waals surface area contributed by atoms with Crippen molar-refractivity contribution in [1.82, 2.24) is 26.0 Å². The SMILES string of the molecule is O=C(CN1CCN(C(=O)C2NNC3CCNCC32)CC1)Nc1ccccc1. The summed E-state index contributed by atoms with van der Waals surface area (Å²) in [6, 6.07) is 9.71. The first-order valence-corrected chi connectivity index (χ1v) is 9.78. The van der Waals surface area contributed by atoms with Gasteiger partial charge in [0.1, 0.15) is 6.04 Å². The Hall–Kier alpha value is -2.00. The van der Waals surface area contributed by atoms with E-state index < -0.39 is 0 Å². The molecule has 1 aromatic carbocycles. The highest BCUT2D eigenvalue weighted by atomic mass is 16.2. The molecular weight excluding hydrogens is 344 g/mol. The molecule has 3 saturated heterocycles. The summed E-state index contributed by atoms with van der Waals surface area (Å²) in [5.41, 5.74) is 7.31. The number of para-hydroxylation sites is 1. The van der Waals surface area contributed by atoms with E-state index in [9.17, 15) is 9.59 Å². The Kier molecular flexibility index (Phi) is 5.68. The predicted molar refractivity (Wildman–Crippen MR) is 103 cm³/mol. The number of piperidine rings is 1. The Morgan fingerprint density at radius 1 is 1.07 bits per heavy atom. The molecule has 8 heteroatoms. The largest absolute Gasteiger partial charge is 0.339 e. The fourth-order valence-electron chi connectivity index (χ4n) is 4.21. The first kappa shape index (κ1) is 18.4. The maximum absolute atomic E-state index is 12.9. The third-order valence-electron chi connectivity index (χ3n) is 5.76. The second-order valence-corrected chi connectivity index (χ2v) is 7.55. The predicted octanol–water partition coefficient (Wildman–Crippen LogP) is -0.776. The van der Waals surface area contributed by atoms with Gasteiger partial charge < -0.3 is 15.5 Å². The molecule has 27 heavy (non-hydrogen) atoms.